The number of hydrogen-bond acceptors (Lipinski definition) is 4. The first kappa shape index (κ1) is 17.9. The molecule has 1 saturated carbocycles. The molecule has 1 heterocycles. The van der Waals surface area contributed by atoms with Crippen LogP contribution in [-0.4, -0.2) is 22.0 Å². The maximum Gasteiger partial charge on any atom is 0.307 e. The fourth-order valence-electron chi connectivity index (χ4n) is 4.31. The average molecular weight is 382 g/mol. The van der Waals surface area contributed by atoms with Gasteiger partial charge in [-0.2, -0.15) is 0 Å². The molecular formula is C21H22N2O3S. The number of amides is 1. The highest BCUT2D eigenvalue weighted by atomic mass is 32.1. The number of nitrogens with one attached hydrogen (secondary N) is 1. The van der Waals surface area contributed by atoms with Gasteiger partial charge < -0.3 is 10.4 Å². The van der Waals surface area contributed by atoms with Gasteiger partial charge in [-0.15, -0.1) is 11.3 Å². The lowest BCUT2D eigenvalue weighted by molar-refractivity contribution is -0.146. The Balaban J connectivity index is 1.57. The minimum Gasteiger partial charge on any atom is -0.481 e. The number of anilines is 1. The molecule has 2 aromatic rings. The molecule has 1 amide bonds. The number of carboxylic acid groups (broad SMARTS) is 1. The molecule has 5 nitrogen and oxygen atoms in total. The molecule has 2 bridgehead atoms. The number of allylic oxidation sites excluding steroid dienone is 2. The zero-order valence-electron chi connectivity index (χ0n) is 15.5. The lowest BCUT2D eigenvalue weighted by Gasteiger charge is -2.23. The number of rotatable bonds is 4. The van der Waals surface area contributed by atoms with E-state index in [0.717, 1.165) is 22.6 Å². The largest absolute Gasteiger partial charge is 0.481 e. The zero-order chi connectivity index (χ0) is 19.3. The summed E-state index contributed by atoms with van der Waals surface area (Å²) in [6.07, 6.45) is 4.68. The number of hydrogen-bond donors (Lipinski definition) is 2. The number of carbonyl (C=O) groups excluding carboxylic acids is 1. The molecule has 1 fully saturated rings. The van der Waals surface area contributed by atoms with Gasteiger partial charge in [0.25, 0.3) is 0 Å². The van der Waals surface area contributed by atoms with Crippen molar-refractivity contribution in [3.8, 4) is 11.3 Å². The molecule has 0 saturated heterocycles. The van der Waals surface area contributed by atoms with Gasteiger partial charge in [0.15, 0.2) is 5.13 Å². The smallest absolute Gasteiger partial charge is 0.307 e. The van der Waals surface area contributed by atoms with Crippen molar-refractivity contribution in [2.24, 2.45) is 23.7 Å². The maximum atomic E-state index is 12.8. The predicted molar refractivity (Wildman–Crippen MR) is 106 cm³/mol. The number of aromatic nitrogens is 1. The second-order valence-electron chi connectivity index (χ2n) is 7.55. The summed E-state index contributed by atoms with van der Waals surface area (Å²) in [6, 6.07) is 6.21. The van der Waals surface area contributed by atoms with E-state index in [2.05, 4.69) is 36.3 Å². The van der Waals surface area contributed by atoms with Crippen molar-refractivity contribution >= 4 is 28.3 Å². The number of fused-ring (bicyclic) bond motifs is 2. The summed E-state index contributed by atoms with van der Waals surface area (Å²) in [4.78, 5) is 30.1. The van der Waals surface area contributed by atoms with Crippen LogP contribution in [-0.2, 0) is 9.59 Å². The van der Waals surface area contributed by atoms with Gasteiger partial charge in [-0.1, -0.05) is 24.3 Å². The van der Waals surface area contributed by atoms with Crippen LogP contribution in [0.5, 0.6) is 0 Å². The van der Waals surface area contributed by atoms with Crippen LogP contribution in [0.2, 0.25) is 0 Å². The van der Waals surface area contributed by atoms with Gasteiger partial charge in [0, 0.05) is 10.4 Å². The number of aryl methyl sites for hydroxylation is 3. The third-order valence-electron chi connectivity index (χ3n) is 5.85. The Labute approximate surface area is 162 Å². The third kappa shape index (κ3) is 3.08. The fraction of sp³-hybridized carbons (Fsp3) is 0.381. The van der Waals surface area contributed by atoms with E-state index in [-0.39, 0.29) is 17.7 Å². The fourth-order valence-corrected chi connectivity index (χ4v) is 5.15. The lowest BCUT2D eigenvalue weighted by Crippen LogP contribution is -2.36. The molecule has 0 aliphatic heterocycles. The van der Waals surface area contributed by atoms with Crippen molar-refractivity contribution in [3.63, 3.8) is 0 Å². The summed E-state index contributed by atoms with van der Waals surface area (Å²) in [5, 5.41) is 13.0. The van der Waals surface area contributed by atoms with Crippen molar-refractivity contribution < 1.29 is 14.7 Å². The Hall–Kier alpha value is -2.47. The Morgan fingerprint density at radius 3 is 2.48 bits per heavy atom. The summed E-state index contributed by atoms with van der Waals surface area (Å²) >= 11 is 1.43. The molecule has 0 spiro atoms. The van der Waals surface area contributed by atoms with E-state index in [1.165, 1.54) is 22.5 Å². The monoisotopic (exact) mass is 382 g/mol. The van der Waals surface area contributed by atoms with Gasteiger partial charge in [0.1, 0.15) is 0 Å². The quantitative estimate of drug-likeness (QED) is 0.777. The number of carboxylic acids is 1. The molecule has 1 aromatic heterocycles. The third-order valence-corrected chi connectivity index (χ3v) is 6.74. The van der Waals surface area contributed by atoms with Crippen molar-refractivity contribution in [1.82, 2.24) is 4.98 Å². The lowest BCUT2D eigenvalue weighted by atomic mass is 9.82. The van der Waals surface area contributed by atoms with E-state index >= 15 is 0 Å². The molecule has 6 heteroatoms. The summed E-state index contributed by atoms with van der Waals surface area (Å²) in [5.41, 5.74) is 4.31. The van der Waals surface area contributed by atoms with Crippen LogP contribution in [0, 0.1) is 44.4 Å². The van der Waals surface area contributed by atoms with E-state index in [1.807, 2.05) is 25.1 Å². The Kier molecular flexibility index (Phi) is 4.38. The van der Waals surface area contributed by atoms with Crippen LogP contribution < -0.4 is 5.32 Å². The van der Waals surface area contributed by atoms with E-state index in [9.17, 15) is 14.7 Å². The van der Waals surface area contributed by atoms with Crippen LogP contribution in [0.4, 0.5) is 5.13 Å². The second-order valence-corrected chi connectivity index (χ2v) is 8.75. The van der Waals surface area contributed by atoms with Crippen molar-refractivity contribution in [2.45, 2.75) is 27.2 Å². The van der Waals surface area contributed by atoms with Crippen LogP contribution in [0.25, 0.3) is 11.3 Å². The molecule has 140 valence electrons. The van der Waals surface area contributed by atoms with Crippen molar-refractivity contribution in [2.75, 3.05) is 5.32 Å². The van der Waals surface area contributed by atoms with E-state index in [0.29, 0.717) is 5.13 Å². The standard InChI is InChI=1S/C21H22N2O3S/c1-10-4-5-15(8-11(10)2)18-12(3)27-21(22-18)23-19(24)16-13-6-7-14(9-13)17(16)20(25)26/h4-8,13-14,16-17H,9H2,1-3H3,(H,25,26)(H,22,23,24)/t13-,14+,16-,17+/m1/s1. The van der Waals surface area contributed by atoms with Crippen molar-refractivity contribution in [3.05, 3.63) is 46.4 Å². The molecule has 1 aromatic carbocycles. The number of thiazole rings is 1. The first-order valence-corrected chi connectivity index (χ1v) is 9.94. The van der Waals surface area contributed by atoms with E-state index in [1.54, 1.807) is 0 Å². The number of aliphatic carboxylic acids is 1. The van der Waals surface area contributed by atoms with Crippen LogP contribution >= 0.6 is 11.3 Å². The number of nitrogens with zero attached hydrogens (tertiary/aromatic N) is 1. The zero-order valence-corrected chi connectivity index (χ0v) is 16.3. The highest BCUT2D eigenvalue weighted by Gasteiger charge is 2.51. The van der Waals surface area contributed by atoms with E-state index in [4.69, 9.17) is 0 Å². The molecule has 2 N–H and O–H groups in total. The summed E-state index contributed by atoms with van der Waals surface area (Å²) in [7, 11) is 0. The van der Waals surface area contributed by atoms with Crippen LogP contribution in [0.1, 0.15) is 22.4 Å². The minimum absolute atomic E-state index is 0.0105. The maximum absolute atomic E-state index is 12.8. The molecule has 4 rings (SSSR count). The molecule has 0 radical (unpaired) electrons. The molecule has 27 heavy (non-hydrogen) atoms. The van der Waals surface area contributed by atoms with Gasteiger partial charge in [0.2, 0.25) is 5.91 Å². The SMILES string of the molecule is Cc1ccc(-c2nc(NC(=O)[C@H]3[C@@H](C(=O)O)[C@H]4C=C[C@@H]3C4)sc2C)cc1C. The summed E-state index contributed by atoms with van der Waals surface area (Å²) in [6.45, 7) is 6.12. The highest BCUT2D eigenvalue weighted by Crippen LogP contribution is 2.48. The predicted octanol–water partition coefficient (Wildman–Crippen LogP) is 4.20. The number of carbonyl (C=O) groups is 2. The molecule has 0 unspecified atom stereocenters. The molecule has 2 aliphatic rings. The van der Waals surface area contributed by atoms with Crippen LogP contribution in [0.15, 0.2) is 30.4 Å². The van der Waals surface area contributed by atoms with Crippen LogP contribution in [0.3, 0.4) is 0 Å². The van der Waals surface area contributed by atoms with Gasteiger partial charge in [0.05, 0.1) is 17.5 Å². The Bertz CT molecular complexity index is 962. The minimum atomic E-state index is -0.891. The molecule has 2 aliphatic carbocycles. The first-order chi connectivity index (χ1) is 12.8. The summed E-state index contributed by atoms with van der Waals surface area (Å²) < 4.78 is 0. The van der Waals surface area contributed by atoms with Gasteiger partial charge in [-0.05, 0) is 56.2 Å². The topological polar surface area (TPSA) is 79.3 Å². The van der Waals surface area contributed by atoms with E-state index < -0.39 is 17.8 Å². The highest BCUT2D eigenvalue weighted by molar-refractivity contribution is 7.16. The number of benzene rings is 1. The second kappa shape index (κ2) is 6.60. The summed E-state index contributed by atoms with van der Waals surface area (Å²) in [5.74, 6) is -2.31. The first-order valence-electron chi connectivity index (χ1n) is 9.12. The Morgan fingerprint density at radius 2 is 1.81 bits per heavy atom. The van der Waals surface area contributed by atoms with Gasteiger partial charge in [-0.25, -0.2) is 4.98 Å². The van der Waals surface area contributed by atoms with Gasteiger partial charge >= 0.3 is 5.97 Å². The van der Waals surface area contributed by atoms with Gasteiger partial charge in [-0.3, -0.25) is 9.59 Å². The molecule has 4 atom stereocenters. The van der Waals surface area contributed by atoms with Crippen molar-refractivity contribution in [1.29, 1.82) is 0 Å². The normalized spacial score (nSPS) is 25.7. The average Bonchev–Trinajstić information content (AvgIpc) is 3.31. The Morgan fingerprint density at radius 1 is 1.11 bits per heavy atom. The molecular weight excluding hydrogens is 360 g/mol.